The Balaban J connectivity index is 2.23. The van der Waals surface area contributed by atoms with E-state index >= 15 is 0 Å². The summed E-state index contributed by atoms with van der Waals surface area (Å²) in [4.78, 5) is 11.9. The quantitative estimate of drug-likeness (QED) is 0.530. The fraction of sp³-hybridized carbons (Fsp3) is 0. The summed E-state index contributed by atoms with van der Waals surface area (Å²) in [5.41, 5.74) is 9.21. The van der Waals surface area contributed by atoms with Gasteiger partial charge in [0.05, 0.1) is 5.52 Å². The highest BCUT2D eigenvalue weighted by Gasteiger charge is 2.09. The van der Waals surface area contributed by atoms with Crippen LogP contribution in [-0.2, 0) is 0 Å². The molecule has 0 bridgehead atoms. The summed E-state index contributed by atoms with van der Waals surface area (Å²) in [6.45, 7) is 0. The highest BCUT2D eigenvalue weighted by Crippen LogP contribution is 2.26. The van der Waals surface area contributed by atoms with E-state index in [1.165, 1.54) is 0 Å². The number of benzene rings is 1. The summed E-state index contributed by atoms with van der Waals surface area (Å²) in [5.74, 6) is 0.759. The van der Waals surface area contributed by atoms with E-state index in [1.807, 2.05) is 30.3 Å². The molecule has 0 saturated heterocycles. The van der Waals surface area contributed by atoms with Gasteiger partial charge in [0.15, 0.2) is 5.65 Å². The van der Waals surface area contributed by atoms with E-state index in [1.54, 1.807) is 6.20 Å². The van der Waals surface area contributed by atoms with Gasteiger partial charge in [-0.3, -0.25) is 0 Å². The van der Waals surface area contributed by atoms with Gasteiger partial charge in [-0.05, 0) is 52.9 Å². The van der Waals surface area contributed by atoms with Crippen molar-refractivity contribution in [1.29, 1.82) is 0 Å². The number of nitrogen functional groups attached to an aromatic ring is 1. The molecule has 3 N–H and O–H groups in total. The molecule has 0 unspecified atom stereocenters. The molecule has 0 amide bonds. The predicted molar refractivity (Wildman–Crippen MR) is 76.5 cm³/mol. The van der Waals surface area contributed by atoms with Crippen LogP contribution in [0.5, 0.6) is 0 Å². The third-order valence-corrected chi connectivity index (χ3v) is 3.20. The van der Waals surface area contributed by atoms with Gasteiger partial charge in [-0.2, -0.15) is 0 Å². The van der Waals surface area contributed by atoms with Gasteiger partial charge >= 0.3 is 0 Å². The van der Waals surface area contributed by atoms with Crippen molar-refractivity contribution < 1.29 is 0 Å². The Labute approximate surface area is 111 Å². The van der Waals surface area contributed by atoms with E-state index < -0.39 is 0 Å². The first kappa shape index (κ1) is 10.5. The van der Waals surface area contributed by atoms with Crippen LogP contribution >= 0.6 is 22.6 Å². The van der Waals surface area contributed by atoms with Crippen LogP contribution < -0.4 is 5.73 Å². The van der Waals surface area contributed by atoms with Gasteiger partial charge in [-0.15, -0.1) is 0 Å². The van der Waals surface area contributed by atoms with Crippen molar-refractivity contribution in [1.82, 2.24) is 15.0 Å². The molecule has 5 heteroatoms. The number of imidazole rings is 1. The van der Waals surface area contributed by atoms with E-state index in [9.17, 15) is 0 Å². The first-order chi connectivity index (χ1) is 8.24. The number of anilines is 1. The smallest absolute Gasteiger partial charge is 0.178 e. The number of hydrogen-bond donors (Lipinski definition) is 2. The maximum atomic E-state index is 5.96. The predicted octanol–water partition coefficient (Wildman–Crippen LogP) is 2.81. The SMILES string of the molecule is Nc1ccc(I)cc1-c1nc2ncccc2[nH]1. The Bertz CT molecular complexity index is 657. The minimum absolute atomic E-state index is 0.709. The van der Waals surface area contributed by atoms with E-state index in [-0.39, 0.29) is 0 Å². The summed E-state index contributed by atoms with van der Waals surface area (Å²) >= 11 is 2.25. The molecule has 0 saturated carbocycles. The number of aromatic amines is 1. The zero-order valence-corrected chi connectivity index (χ0v) is 11.0. The number of fused-ring (bicyclic) bond motifs is 1. The van der Waals surface area contributed by atoms with Crippen LogP contribution in [0.25, 0.3) is 22.6 Å². The van der Waals surface area contributed by atoms with Crippen molar-refractivity contribution in [2.24, 2.45) is 0 Å². The van der Waals surface area contributed by atoms with Crippen LogP contribution in [-0.4, -0.2) is 15.0 Å². The zero-order valence-electron chi connectivity index (χ0n) is 8.81. The van der Waals surface area contributed by atoms with Crippen molar-refractivity contribution >= 4 is 39.4 Å². The Hall–Kier alpha value is -1.63. The number of halogens is 1. The number of H-pyrrole nitrogens is 1. The fourth-order valence-electron chi connectivity index (χ4n) is 1.71. The molecular weight excluding hydrogens is 327 g/mol. The van der Waals surface area contributed by atoms with E-state index in [0.29, 0.717) is 11.3 Å². The molecule has 84 valence electrons. The van der Waals surface area contributed by atoms with Crippen LogP contribution in [0.2, 0.25) is 0 Å². The van der Waals surface area contributed by atoms with Crippen LogP contribution in [0.4, 0.5) is 5.69 Å². The molecule has 0 radical (unpaired) electrons. The Kier molecular flexibility index (Phi) is 2.47. The number of aromatic nitrogens is 3. The molecule has 0 aliphatic heterocycles. The van der Waals surface area contributed by atoms with Crippen LogP contribution in [0, 0.1) is 3.57 Å². The average molecular weight is 336 g/mol. The maximum absolute atomic E-state index is 5.96. The van der Waals surface area contributed by atoms with Crippen molar-refractivity contribution in [2.45, 2.75) is 0 Å². The van der Waals surface area contributed by atoms with E-state index in [4.69, 9.17) is 5.73 Å². The van der Waals surface area contributed by atoms with E-state index in [2.05, 4.69) is 37.5 Å². The lowest BCUT2D eigenvalue weighted by atomic mass is 10.2. The first-order valence-electron chi connectivity index (χ1n) is 5.10. The molecule has 3 rings (SSSR count). The molecule has 2 aromatic heterocycles. The second-order valence-corrected chi connectivity index (χ2v) is 4.94. The lowest BCUT2D eigenvalue weighted by Crippen LogP contribution is -1.91. The highest BCUT2D eigenvalue weighted by molar-refractivity contribution is 14.1. The second kappa shape index (κ2) is 3.99. The van der Waals surface area contributed by atoms with Crippen molar-refractivity contribution in [2.75, 3.05) is 5.73 Å². The van der Waals surface area contributed by atoms with Crippen LogP contribution in [0.15, 0.2) is 36.5 Å². The van der Waals surface area contributed by atoms with Gasteiger partial charge in [0.25, 0.3) is 0 Å². The normalized spacial score (nSPS) is 10.9. The van der Waals surface area contributed by atoms with E-state index in [0.717, 1.165) is 20.5 Å². The minimum atomic E-state index is 0.709. The summed E-state index contributed by atoms with van der Waals surface area (Å²) in [6.07, 6.45) is 1.73. The van der Waals surface area contributed by atoms with Crippen LogP contribution in [0.1, 0.15) is 0 Å². The maximum Gasteiger partial charge on any atom is 0.178 e. The van der Waals surface area contributed by atoms with Gasteiger partial charge in [-0.25, -0.2) is 9.97 Å². The lowest BCUT2D eigenvalue weighted by Gasteiger charge is -2.02. The summed E-state index contributed by atoms with van der Waals surface area (Å²) in [5, 5.41) is 0. The molecule has 4 nitrogen and oxygen atoms in total. The van der Waals surface area contributed by atoms with Gasteiger partial charge in [-0.1, -0.05) is 0 Å². The molecule has 1 aromatic carbocycles. The zero-order chi connectivity index (χ0) is 11.8. The number of hydrogen-bond acceptors (Lipinski definition) is 3. The third-order valence-electron chi connectivity index (χ3n) is 2.53. The number of nitrogens with zero attached hydrogens (tertiary/aromatic N) is 2. The summed E-state index contributed by atoms with van der Waals surface area (Å²) < 4.78 is 1.13. The van der Waals surface area contributed by atoms with Crippen molar-refractivity contribution in [3.63, 3.8) is 0 Å². The summed E-state index contributed by atoms with van der Waals surface area (Å²) in [6, 6.07) is 9.69. The van der Waals surface area contributed by atoms with Gasteiger partial charge in [0.2, 0.25) is 0 Å². The molecule has 3 aromatic rings. The molecule has 2 heterocycles. The van der Waals surface area contributed by atoms with Crippen LogP contribution in [0.3, 0.4) is 0 Å². The molecule has 0 spiro atoms. The molecule has 0 fully saturated rings. The second-order valence-electron chi connectivity index (χ2n) is 3.69. The standard InChI is InChI=1S/C12H9IN4/c13-7-3-4-9(14)8(6-7)11-16-10-2-1-5-15-12(10)17-11/h1-6H,14H2,(H,15,16,17). The topological polar surface area (TPSA) is 67.6 Å². The van der Waals surface area contributed by atoms with Gasteiger partial charge < -0.3 is 10.7 Å². The minimum Gasteiger partial charge on any atom is -0.398 e. The number of pyridine rings is 1. The molecule has 0 aliphatic rings. The van der Waals surface area contributed by atoms with Gasteiger partial charge in [0.1, 0.15) is 5.82 Å². The first-order valence-corrected chi connectivity index (χ1v) is 6.18. The Morgan fingerprint density at radius 2 is 2.12 bits per heavy atom. The fourth-order valence-corrected chi connectivity index (χ4v) is 2.20. The number of nitrogens with one attached hydrogen (secondary N) is 1. The Morgan fingerprint density at radius 1 is 1.24 bits per heavy atom. The number of nitrogens with two attached hydrogens (primary N) is 1. The monoisotopic (exact) mass is 336 g/mol. The van der Waals surface area contributed by atoms with Crippen molar-refractivity contribution in [3.8, 4) is 11.4 Å². The Morgan fingerprint density at radius 3 is 2.94 bits per heavy atom. The third kappa shape index (κ3) is 1.86. The molecule has 17 heavy (non-hydrogen) atoms. The largest absolute Gasteiger partial charge is 0.398 e. The molecule has 0 aliphatic carbocycles. The van der Waals surface area contributed by atoms with Crippen molar-refractivity contribution in [3.05, 3.63) is 40.1 Å². The lowest BCUT2D eigenvalue weighted by molar-refractivity contribution is 1.30. The molecule has 0 atom stereocenters. The average Bonchev–Trinajstić information content (AvgIpc) is 2.75. The van der Waals surface area contributed by atoms with Gasteiger partial charge in [0, 0.05) is 21.0 Å². The molecular formula is C12H9IN4. The number of rotatable bonds is 1. The highest BCUT2D eigenvalue weighted by atomic mass is 127. The summed E-state index contributed by atoms with van der Waals surface area (Å²) in [7, 11) is 0.